The first-order valence-corrected chi connectivity index (χ1v) is 7.77. The number of carbonyl (C=O) groups is 3. The van der Waals surface area contributed by atoms with Crippen LogP contribution in [0.3, 0.4) is 0 Å². The van der Waals surface area contributed by atoms with Crippen molar-refractivity contribution in [3.05, 3.63) is 0 Å². The fourth-order valence-corrected chi connectivity index (χ4v) is 1.57. The quantitative estimate of drug-likeness (QED) is 0.681. The fourth-order valence-electron chi connectivity index (χ4n) is 1.57. The highest BCUT2D eigenvalue weighted by Crippen LogP contribution is 2.10. The van der Waals surface area contributed by atoms with E-state index in [1.165, 1.54) is 0 Å². The van der Waals surface area contributed by atoms with Crippen molar-refractivity contribution in [2.75, 3.05) is 6.54 Å². The van der Waals surface area contributed by atoms with Crippen LogP contribution in [-0.2, 0) is 23.9 Å². The lowest BCUT2D eigenvalue weighted by atomic mass is 10.1. The van der Waals surface area contributed by atoms with E-state index in [0.29, 0.717) is 0 Å². The normalized spacial score (nSPS) is 13.2. The van der Waals surface area contributed by atoms with Crippen LogP contribution in [0.1, 0.15) is 60.8 Å². The van der Waals surface area contributed by atoms with Gasteiger partial charge in [-0.25, -0.2) is 0 Å². The zero-order valence-electron chi connectivity index (χ0n) is 15.0. The van der Waals surface area contributed by atoms with Crippen LogP contribution in [0.15, 0.2) is 0 Å². The molecule has 7 heteroatoms. The molecule has 23 heavy (non-hydrogen) atoms. The van der Waals surface area contributed by atoms with Crippen molar-refractivity contribution in [3.63, 3.8) is 0 Å². The Morgan fingerprint density at radius 2 is 1.48 bits per heavy atom. The highest BCUT2D eigenvalue weighted by Gasteiger charge is 2.22. The molecule has 0 rings (SSSR count). The second-order valence-electron chi connectivity index (χ2n) is 7.37. The van der Waals surface area contributed by atoms with Crippen molar-refractivity contribution in [1.82, 2.24) is 5.32 Å². The van der Waals surface area contributed by atoms with Gasteiger partial charge in [-0.15, -0.1) is 0 Å². The average molecular weight is 330 g/mol. The molecule has 0 aliphatic rings. The minimum atomic E-state index is -0.842. The summed E-state index contributed by atoms with van der Waals surface area (Å²) in [5, 5.41) is 2.59. The molecule has 7 nitrogen and oxygen atoms in total. The van der Waals surface area contributed by atoms with Gasteiger partial charge in [-0.2, -0.15) is 0 Å². The maximum absolute atomic E-state index is 11.7. The molecule has 0 unspecified atom stereocenters. The second kappa shape index (κ2) is 8.86. The molecule has 0 aromatic rings. The van der Waals surface area contributed by atoms with E-state index in [-0.39, 0.29) is 37.7 Å². The summed E-state index contributed by atoms with van der Waals surface area (Å²) in [5.74, 6) is -1.17. The molecule has 1 atom stereocenters. The number of nitrogens with one attached hydrogen (secondary N) is 1. The summed E-state index contributed by atoms with van der Waals surface area (Å²) in [5.41, 5.74) is 4.54. The van der Waals surface area contributed by atoms with E-state index in [1.807, 2.05) is 0 Å². The molecule has 0 fully saturated rings. The minimum absolute atomic E-state index is 0.0920. The first kappa shape index (κ1) is 21.4. The van der Waals surface area contributed by atoms with Gasteiger partial charge in [0.1, 0.15) is 17.2 Å². The van der Waals surface area contributed by atoms with Crippen molar-refractivity contribution in [2.24, 2.45) is 5.73 Å². The zero-order chi connectivity index (χ0) is 18.3. The Kier molecular flexibility index (Phi) is 8.23. The molecule has 134 valence electrons. The summed E-state index contributed by atoms with van der Waals surface area (Å²) < 4.78 is 10.3. The molecule has 0 saturated carbocycles. The van der Waals surface area contributed by atoms with Crippen molar-refractivity contribution in [3.8, 4) is 0 Å². The molecule has 3 N–H and O–H groups in total. The SMILES string of the molecule is CC(C)(C)OC(=O)CCNC(=O)CC[C@H](N)C(=O)OC(C)(C)C. The highest BCUT2D eigenvalue weighted by molar-refractivity contribution is 5.79. The number of rotatable bonds is 7. The fraction of sp³-hybridized carbons (Fsp3) is 0.812. The third kappa shape index (κ3) is 12.6. The molecule has 0 aliphatic heterocycles. The number of carbonyl (C=O) groups excluding carboxylic acids is 3. The first-order valence-electron chi connectivity index (χ1n) is 7.77. The van der Waals surface area contributed by atoms with E-state index in [9.17, 15) is 14.4 Å². The van der Waals surface area contributed by atoms with Gasteiger partial charge in [-0.3, -0.25) is 14.4 Å². The van der Waals surface area contributed by atoms with Gasteiger partial charge in [-0.05, 0) is 48.0 Å². The molecule has 0 aliphatic carbocycles. The number of amides is 1. The van der Waals surface area contributed by atoms with Crippen LogP contribution >= 0.6 is 0 Å². The summed E-state index contributed by atoms with van der Waals surface area (Å²) in [7, 11) is 0. The largest absolute Gasteiger partial charge is 0.460 e. The van der Waals surface area contributed by atoms with Gasteiger partial charge in [0, 0.05) is 13.0 Å². The molecular weight excluding hydrogens is 300 g/mol. The van der Waals surface area contributed by atoms with Crippen molar-refractivity contribution < 1.29 is 23.9 Å². The van der Waals surface area contributed by atoms with Gasteiger partial charge < -0.3 is 20.5 Å². The van der Waals surface area contributed by atoms with Gasteiger partial charge in [-0.1, -0.05) is 0 Å². The van der Waals surface area contributed by atoms with E-state index in [0.717, 1.165) is 0 Å². The molecule has 0 spiro atoms. The maximum atomic E-state index is 11.7. The monoisotopic (exact) mass is 330 g/mol. The van der Waals surface area contributed by atoms with Crippen LogP contribution in [0.4, 0.5) is 0 Å². The van der Waals surface area contributed by atoms with Crippen molar-refractivity contribution in [2.45, 2.75) is 78.0 Å². The van der Waals surface area contributed by atoms with Gasteiger partial charge in [0.05, 0.1) is 6.42 Å². The average Bonchev–Trinajstić information content (AvgIpc) is 2.31. The third-order valence-corrected chi connectivity index (χ3v) is 2.46. The van der Waals surface area contributed by atoms with Crippen LogP contribution in [0, 0.1) is 0 Å². The van der Waals surface area contributed by atoms with E-state index in [1.54, 1.807) is 41.5 Å². The Bertz CT molecular complexity index is 421. The van der Waals surface area contributed by atoms with E-state index >= 15 is 0 Å². The van der Waals surface area contributed by atoms with Crippen LogP contribution < -0.4 is 11.1 Å². The smallest absolute Gasteiger partial charge is 0.323 e. The lowest BCUT2D eigenvalue weighted by Crippen LogP contribution is -2.38. The molecule has 0 saturated heterocycles. The number of hydrogen-bond donors (Lipinski definition) is 2. The summed E-state index contributed by atoms with van der Waals surface area (Å²) in [6.07, 6.45) is 0.378. The maximum Gasteiger partial charge on any atom is 0.323 e. The summed E-state index contributed by atoms with van der Waals surface area (Å²) in [6.45, 7) is 10.8. The third-order valence-electron chi connectivity index (χ3n) is 2.46. The van der Waals surface area contributed by atoms with Gasteiger partial charge in [0.2, 0.25) is 5.91 Å². The van der Waals surface area contributed by atoms with E-state index < -0.39 is 23.2 Å². The standard InChI is InChI=1S/C16H30N2O5/c1-15(2,3)22-13(20)9-10-18-12(19)8-7-11(17)14(21)23-16(4,5)6/h11H,7-10,17H2,1-6H3,(H,18,19)/t11-/m0/s1. The van der Waals surface area contributed by atoms with Crippen LogP contribution in [0.2, 0.25) is 0 Å². The lowest BCUT2D eigenvalue weighted by molar-refractivity contribution is -0.157. The Hall–Kier alpha value is -1.63. The predicted molar refractivity (Wildman–Crippen MR) is 86.5 cm³/mol. The number of ether oxygens (including phenoxy) is 2. The lowest BCUT2D eigenvalue weighted by Gasteiger charge is -2.22. The molecule has 0 aromatic heterocycles. The molecule has 1 amide bonds. The topological polar surface area (TPSA) is 108 Å². The Labute approximate surface area is 138 Å². The summed E-state index contributed by atoms with van der Waals surface area (Å²) in [4.78, 5) is 34.8. The second-order valence-corrected chi connectivity index (χ2v) is 7.37. The van der Waals surface area contributed by atoms with Gasteiger partial charge in [0.15, 0.2) is 0 Å². The number of hydrogen-bond acceptors (Lipinski definition) is 6. The summed E-state index contributed by atoms with van der Waals surface area (Å²) >= 11 is 0. The Balaban J connectivity index is 3.95. The molecular formula is C16H30N2O5. The van der Waals surface area contributed by atoms with Gasteiger partial charge >= 0.3 is 11.9 Å². The number of esters is 2. The molecule has 0 radical (unpaired) electrons. The Morgan fingerprint density at radius 1 is 0.957 bits per heavy atom. The number of nitrogens with two attached hydrogens (primary N) is 1. The predicted octanol–water partition coefficient (Wildman–Crippen LogP) is 1.28. The Morgan fingerprint density at radius 3 is 1.96 bits per heavy atom. The molecule has 0 bridgehead atoms. The van der Waals surface area contributed by atoms with Crippen LogP contribution in [0.5, 0.6) is 0 Å². The first-order chi connectivity index (χ1) is 10.3. The highest BCUT2D eigenvalue weighted by atomic mass is 16.6. The van der Waals surface area contributed by atoms with E-state index in [2.05, 4.69) is 5.32 Å². The van der Waals surface area contributed by atoms with Crippen molar-refractivity contribution >= 4 is 17.8 Å². The van der Waals surface area contributed by atoms with Gasteiger partial charge in [0.25, 0.3) is 0 Å². The zero-order valence-corrected chi connectivity index (χ0v) is 15.0. The molecule has 0 heterocycles. The summed E-state index contributed by atoms with van der Waals surface area (Å²) in [6, 6.07) is -0.842. The van der Waals surface area contributed by atoms with Crippen molar-refractivity contribution in [1.29, 1.82) is 0 Å². The molecule has 0 aromatic carbocycles. The minimum Gasteiger partial charge on any atom is -0.460 e. The van der Waals surface area contributed by atoms with Crippen LogP contribution in [0.25, 0.3) is 0 Å². The van der Waals surface area contributed by atoms with Crippen LogP contribution in [-0.4, -0.2) is 41.6 Å². The van der Waals surface area contributed by atoms with E-state index in [4.69, 9.17) is 15.2 Å².